The van der Waals surface area contributed by atoms with Crippen molar-refractivity contribution in [3.8, 4) is 0 Å². The predicted octanol–water partition coefficient (Wildman–Crippen LogP) is 1.29. The molecule has 0 aromatic carbocycles. The highest BCUT2D eigenvalue weighted by atomic mass is 32.1. The second-order valence-corrected chi connectivity index (χ2v) is 2.14. The van der Waals surface area contributed by atoms with E-state index in [1.807, 2.05) is 0 Å². The molecule has 3 heteroatoms. The molecule has 0 spiro atoms. The van der Waals surface area contributed by atoms with E-state index < -0.39 is 5.97 Å². The van der Waals surface area contributed by atoms with Crippen LogP contribution < -0.4 is 0 Å². The number of hydrogen-bond acceptors (Lipinski definition) is 1. The highest BCUT2D eigenvalue weighted by molar-refractivity contribution is 7.80. The van der Waals surface area contributed by atoms with Gasteiger partial charge >= 0.3 is 5.97 Å². The van der Waals surface area contributed by atoms with Crippen LogP contribution in [0.3, 0.4) is 0 Å². The van der Waals surface area contributed by atoms with Gasteiger partial charge in [0.15, 0.2) is 0 Å². The SMILES string of the molecule is CC(CC[S])C(=O)O. The summed E-state index contributed by atoms with van der Waals surface area (Å²) in [7, 11) is 0. The maximum absolute atomic E-state index is 10.0. The van der Waals surface area contributed by atoms with Gasteiger partial charge in [-0.05, 0) is 6.42 Å². The number of aliphatic carboxylic acids is 1. The van der Waals surface area contributed by atoms with Crippen LogP contribution in [0.15, 0.2) is 0 Å². The minimum absolute atomic E-state index is 0.271. The van der Waals surface area contributed by atoms with Gasteiger partial charge in [-0.1, -0.05) is 19.6 Å². The average Bonchev–Trinajstić information content (AvgIpc) is 1.67. The van der Waals surface area contributed by atoms with Crippen LogP contribution in [0.25, 0.3) is 0 Å². The summed E-state index contributed by atoms with van der Waals surface area (Å²) in [4.78, 5) is 10.0. The van der Waals surface area contributed by atoms with Gasteiger partial charge in [0.25, 0.3) is 0 Å². The van der Waals surface area contributed by atoms with Crippen molar-refractivity contribution in [3.63, 3.8) is 0 Å². The van der Waals surface area contributed by atoms with E-state index in [2.05, 4.69) is 12.6 Å². The van der Waals surface area contributed by atoms with E-state index in [0.717, 1.165) is 0 Å². The molecule has 0 heterocycles. The Morgan fingerprint density at radius 2 is 2.38 bits per heavy atom. The lowest BCUT2D eigenvalue weighted by molar-refractivity contribution is -0.141. The summed E-state index contributed by atoms with van der Waals surface area (Å²) < 4.78 is 0. The zero-order chi connectivity index (χ0) is 6.57. The second-order valence-electron chi connectivity index (χ2n) is 1.73. The number of rotatable bonds is 3. The van der Waals surface area contributed by atoms with E-state index in [0.29, 0.717) is 12.2 Å². The van der Waals surface area contributed by atoms with E-state index in [4.69, 9.17) is 5.11 Å². The first-order valence-corrected chi connectivity index (χ1v) is 3.07. The van der Waals surface area contributed by atoms with Gasteiger partial charge < -0.3 is 5.11 Å². The van der Waals surface area contributed by atoms with Crippen molar-refractivity contribution in [1.29, 1.82) is 0 Å². The first-order valence-electron chi connectivity index (χ1n) is 2.49. The van der Waals surface area contributed by atoms with E-state index >= 15 is 0 Å². The number of carboxylic acids is 1. The molecular weight excluding hydrogens is 124 g/mol. The van der Waals surface area contributed by atoms with Crippen molar-refractivity contribution >= 4 is 18.6 Å². The molecule has 0 aromatic rings. The van der Waals surface area contributed by atoms with Crippen LogP contribution in [0, 0.1) is 5.92 Å². The fourth-order valence-electron chi connectivity index (χ4n) is 0.300. The normalized spacial score (nSPS) is 13.2. The molecule has 47 valence electrons. The second kappa shape index (κ2) is 3.78. The lowest BCUT2D eigenvalue weighted by atomic mass is 10.1. The predicted molar refractivity (Wildman–Crippen MR) is 33.9 cm³/mol. The molecule has 0 saturated carbocycles. The lowest BCUT2D eigenvalue weighted by Gasteiger charge is -1.99. The van der Waals surface area contributed by atoms with E-state index in [9.17, 15) is 4.79 Å². The first-order chi connectivity index (χ1) is 3.68. The minimum Gasteiger partial charge on any atom is -0.481 e. The Balaban J connectivity index is 3.32. The molecule has 2 nitrogen and oxygen atoms in total. The molecule has 1 unspecified atom stereocenters. The highest BCUT2D eigenvalue weighted by Gasteiger charge is 2.07. The van der Waals surface area contributed by atoms with Gasteiger partial charge in [-0.25, -0.2) is 0 Å². The topological polar surface area (TPSA) is 37.3 Å². The van der Waals surface area contributed by atoms with Gasteiger partial charge in [-0.15, -0.1) is 0 Å². The maximum Gasteiger partial charge on any atom is 0.306 e. The Kier molecular flexibility index (Phi) is 3.69. The molecule has 0 saturated heterocycles. The van der Waals surface area contributed by atoms with Crippen molar-refractivity contribution in [3.05, 3.63) is 0 Å². The molecule has 0 amide bonds. The largest absolute Gasteiger partial charge is 0.481 e. The molecule has 0 aromatic heterocycles. The van der Waals surface area contributed by atoms with Crippen LogP contribution in [0.1, 0.15) is 13.3 Å². The van der Waals surface area contributed by atoms with Gasteiger partial charge in [-0.3, -0.25) is 4.79 Å². The molecule has 1 atom stereocenters. The fourth-order valence-corrected chi connectivity index (χ4v) is 0.654. The zero-order valence-corrected chi connectivity index (χ0v) is 5.57. The highest BCUT2D eigenvalue weighted by Crippen LogP contribution is 2.01. The van der Waals surface area contributed by atoms with Crippen molar-refractivity contribution < 1.29 is 9.90 Å². The smallest absolute Gasteiger partial charge is 0.306 e. The molecule has 0 fully saturated rings. The van der Waals surface area contributed by atoms with E-state index in [1.54, 1.807) is 6.92 Å². The molecule has 1 radical (unpaired) electrons. The summed E-state index contributed by atoms with van der Waals surface area (Å²) in [5.74, 6) is -0.490. The molecule has 0 bridgehead atoms. The van der Waals surface area contributed by atoms with Crippen LogP contribution in [0.5, 0.6) is 0 Å². The van der Waals surface area contributed by atoms with Crippen LogP contribution in [-0.2, 0) is 4.79 Å². The summed E-state index contributed by atoms with van der Waals surface area (Å²) >= 11 is 4.58. The molecule has 1 N–H and O–H groups in total. The Morgan fingerprint density at radius 3 is 2.50 bits per heavy atom. The van der Waals surface area contributed by atoms with Crippen molar-refractivity contribution in [2.45, 2.75) is 13.3 Å². The Bertz CT molecular complexity index is 82.5. The molecular formula is C5H9O2S. The van der Waals surface area contributed by atoms with Crippen molar-refractivity contribution in [2.75, 3.05) is 5.75 Å². The van der Waals surface area contributed by atoms with Crippen LogP contribution >= 0.6 is 12.6 Å². The zero-order valence-electron chi connectivity index (χ0n) is 4.76. The number of hydrogen-bond donors (Lipinski definition) is 1. The van der Waals surface area contributed by atoms with Gasteiger partial charge in [0.2, 0.25) is 0 Å². The fraction of sp³-hybridized carbons (Fsp3) is 0.800. The van der Waals surface area contributed by atoms with Gasteiger partial charge in [0.1, 0.15) is 0 Å². The summed E-state index contributed by atoms with van der Waals surface area (Å²) in [5.41, 5.74) is 0. The molecule has 0 aliphatic rings. The standard InChI is InChI=1S/C5H9O2S/c1-4(2-3-8)5(6)7/h4H,2-3H2,1H3,(H,6,7). The minimum atomic E-state index is -0.755. The van der Waals surface area contributed by atoms with E-state index in [-0.39, 0.29) is 5.92 Å². The third-order valence-corrected chi connectivity index (χ3v) is 1.21. The summed E-state index contributed by atoms with van der Waals surface area (Å²) in [6.07, 6.45) is 0.602. The van der Waals surface area contributed by atoms with Crippen LogP contribution in [-0.4, -0.2) is 16.8 Å². The number of carboxylic acid groups (broad SMARTS) is 1. The number of carbonyl (C=O) groups is 1. The monoisotopic (exact) mass is 133 g/mol. The van der Waals surface area contributed by atoms with E-state index in [1.165, 1.54) is 0 Å². The third kappa shape index (κ3) is 2.91. The average molecular weight is 133 g/mol. The molecule has 8 heavy (non-hydrogen) atoms. The summed E-state index contributed by atoms with van der Waals surface area (Å²) in [6.45, 7) is 1.66. The third-order valence-electron chi connectivity index (χ3n) is 0.972. The van der Waals surface area contributed by atoms with Crippen molar-refractivity contribution in [1.82, 2.24) is 0 Å². The van der Waals surface area contributed by atoms with Crippen molar-refractivity contribution in [2.24, 2.45) is 5.92 Å². The summed E-state index contributed by atoms with van der Waals surface area (Å²) in [5, 5.41) is 8.27. The summed E-state index contributed by atoms with van der Waals surface area (Å²) in [6, 6.07) is 0. The van der Waals surface area contributed by atoms with Crippen LogP contribution in [0.4, 0.5) is 0 Å². The lowest BCUT2D eigenvalue weighted by Crippen LogP contribution is -2.09. The quantitative estimate of drug-likeness (QED) is 0.630. The van der Waals surface area contributed by atoms with Gasteiger partial charge in [0.05, 0.1) is 5.92 Å². The van der Waals surface area contributed by atoms with Gasteiger partial charge in [0, 0.05) is 5.75 Å². The Labute approximate surface area is 54.3 Å². The molecule has 0 aliphatic carbocycles. The molecule has 0 rings (SSSR count). The Morgan fingerprint density at radius 1 is 1.88 bits per heavy atom. The molecule has 0 aliphatic heterocycles. The van der Waals surface area contributed by atoms with Gasteiger partial charge in [-0.2, -0.15) is 0 Å². The Hall–Kier alpha value is -0.180. The maximum atomic E-state index is 10.0. The first kappa shape index (κ1) is 7.82. The van der Waals surface area contributed by atoms with Crippen LogP contribution in [0.2, 0.25) is 0 Å².